The number of carbonyl (C=O) groups excluding carboxylic acids is 1. The summed E-state index contributed by atoms with van der Waals surface area (Å²) in [5, 5.41) is 6.38. The molecule has 3 nitrogen and oxygen atoms in total. The van der Waals surface area contributed by atoms with Crippen LogP contribution in [0.25, 0.3) is 0 Å². The quantitative estimate of drug-likeness (QED) is 0.879. The van der Waals surface area contributed by atoms with Gasteiger partial charge in [0, 0.05) is 10.5 Å². The van der Waals surface area contributed by atoms with E-state index >= 15 is 0 Å². The van der Waals surface area contributed by atoms with E-state index in [4.69, 9.17) is 0 Å². The van der Waals surface area contributed by atoms with Crippen LogP contribution in [0.5, 0.6) is 0 Å². The van der Waals surface area contributed by atoms with Crippen molar-refractivity contribution in [1.82, 2.24) is 10.6 Å². The Hall–Kier alpha value is -0.870. The Morgan fingerprint density at radius 3 is 2.82 bits per heavy atom. The molecule has 17 heavy (non-hydrogen) atoms. The van der Waals surface area contributed by atoms with Gasteiger partial charge >= 0.3 is 0 Å². The summed E-state index contributed by atoms with van der Waals surface area (Å²) in [6, 6.07) is 6.06. The Morgan fingerprint density at radius 2 is 2.12 bits per heavy atom. The number of halogens is 1. The summed E-state index contributed by atoms with van der Waals surface area (Å²) in [7, 11) is 0. The van der Waals surface area contributed by atoms with Crippen molar-refractivity contribution in [2.24, 2.45) is 0 Å². The number of rotatable bonds is 2. The average Bonchev–Trinajstić information content (AvgIpc) is 2.34. The van der Waals surface area contributed by atoms with Crippen molar-refractivity contribution < 1.29 is 4.79 Å². The third kappa shape index (κ3) is 3.07. The molecule has 1 aromatic rings. The smallest absolute Gasteiger partial charge is 0.252 e. The van der Waals surface area contributed by atoms with Gasteiger partial charge in [0.15, 0.2) is 0 Å². The highest BCUT2D eigenvalue weighted by molar-refractivity contribution is 9.10. The van der Waals surface area contributed by atoms with E-state index in [1.165, 1.54) is 0 Å². The van der Waals surface area contributed by atoms with E-state index in [0.717, 1.165) is 41.5 Å². The molecule has 0 spiro atoms. The minimum atomic E-state index is 0.0208. The normalized spacial score (nSPS) is 16.8. The molecule has 1 amide bonds. The fourth-order valence-corrected chi connectivity index (χ4v) is 2.50. The molecule has 1 saturated heterocycles. The van der Waals surface area contributed by atoms with Crippen molar-refractivity contribution in [2.75, 3.05) is 13.1 Å². The van der Waals surface area contributed by atoms with E-state index in [1.54, 1.807) is 0 Å². The number of carbonyl (C=O) groups is 1. The maximum atomic E-state index is 12.1. The molecule has 1 aliphatic rings. The van der Waals surface area contributed by atoms with Gasteiger partial charge in [0.1, 0.15) is 0 Å². The summed E-state index contributed by atoms with van der Waals surface area (Å²) >= 11 is 3.47. The fourth-order valence-electron chi connectivity index (χ4n) is 2.05. The Balaban J connectivity index is 2.06. The highest BCUT2D eigenvalue weighted by atomic mass is 79.9. The highest BCUT2D eigenvalue weighted by Crippen LogP contribution is 2.21. The van der Waals surface area contributed by atoms with Gasteiger partial charge in [0.25, 0.3) is 5.91 Å². The largest absolute Gasteiger partial charge is 0.349 e. The Morgan fingerprint density at radius 1 is 1.41 bits per heavy atom. The van der Waals surface area contributed by atoms with E-state index in [-0.39, 0.29) is 5.91 Å². The molecule has 0 bridgehead atoms. The predicted octanol–water partition coefficient (Wildman–Crippen LogP) is 2.24. The van der Waals surface area contributed by atoms with E-state index in [2.05, 4.69) is 26.6 Å². The van der Waals surface area contributed by atoms with Gasteiger partial charge < -0.3 is 10.6 Å². The summed E-state index contributed by atoms with van der Waals surface area (Å²) in [5.74, 6) is 0.0208. The third-order valence-corrected chi connectivity index (χ3v) is 4.16. The van der Waals surface area contributed by atoms with Crippen molar-refractivity contribution in [3.05, 3.63) is 33.8 Å². The van der Waals surface area contributed by atoms with Crippen LogP contribution < -0.4 is 10.6 Å². The van der Waals surface area contributed by atoms with Gasteiger partial charge in [-0.05, 0) is 60.4 Å². The molecule has 1 fully saturated rings. The number of amides is 1. The number of nitrogens with one attached hydrogen (secondary N) is 2. The molecule has 0 aliphatic carbocycles. The van der Waals surface area contributed by atoms with Crippen LogP contribution in [0, 0.1) is 6.92 Å². The van der Waals surface area contributed by atoms with Gasteiger partial charge in [-0.15, -0.1) is 0 Å². The fraction of sp³-hybridized carbons (Fsp3) is 0.462. The summed E-state index contributed by atoms with van der Waals surface area (Å²) in [6.07, 6.45) is 2.02. The van der Waals surface area contributed by atoms with Crippen LogP contribution in [0.4, 0.5) is 0 Å². The second-order valence-electron chi connectivity index (χ2n) is 4.43. The zero-order valence-electron chi connectivity index (χ0n) is 9.92. The standard InChI is InChI=1S/C13H17BrN2O/c1-9-3-2-4-11(12(9)14)13(17)16-10-5-7-15-8-6-10/h2-4,10,15H,5-8H2,1H3,(H,16,17). The average molecular weight is 297 g/mol. The van der Waals surface area contributed by atoms with Crippen molar-refractivity contribution in [3.63, 3.8) is 0 Å². The molecule has 2 rings (SSSR count). The number of benzene rings is 1. The van der Waals surface area contributed by atoms with Gasteiger partial charge in [0.05, 0.1) is 5.56 Å². The van der Waals surface area contributed by atoms with Crippen LogP contribution in [-0.2, 0) is 0 Å². The number of hydrogen-bond acceptors (Lipinski definition) is 2. The maximum Gasteiger partial charge on any atom is 0.252 e. The van der Waals surface area contributed by atoms with Crippen LogP contribution in [0.15, 0.2) is 22.7 Å². The maximum absolute atomic E-state index is 12.1. The summed E-state index contributed by atoms with van der Waals surface area (Å²) in [5.41, 5.74) is 1.81. The Kier molecular flexibility index (Phi) is 4.18. The molecule has 2 N–H and O–H groups in total. The minimum Gasteiger partial charge on any atom is -0.349 e. The monoisotopic (exact) mass is 296 g/mol. The molecular weight excluding hydrogens is 280 g/mol. The van der Waals surface area contributed by atoms with Crippen molar-refractivity contribution in [1.29, 1.82) is 0 Å². The Labute approximate surface area is 110 Å². The van der Waals surface area contributed by atoms with Crippen LogP contribution in [0.2, 0.25) is 0 Å². The molecule has 1 aliphatic heterocycles. The van der Waals surface area contributed by atoms with Gasteiger partial charge in [-0.3, -0.25) is 4.79 Å². The van der Waals surface area contributed by atoms with Crippen molar-refractivity contribution in [3.8, 4) is 0 Å². The lowest BCUT2D eigenvalue weighted by Crippen LogP contribution is -2.42. The first-order chi connectivity index (χ1) is 8.18. The SMILES string of the molecule is Cc1cccc(C(=O)NC2CCNCC2)c1Br. The first kappa shape index (κ1) is 12.6. The molecule has 4 heteroatoms. The van der Waals surface area contributed by atoms with Crippen LogP contribution in [0.1, 0.15) is 28.8 Å². The molecule has 0 atom stereocenters. The van der Waals surface area contributed by atoms with E-state index in [1.807, 2.05) is 25.1 Å². The van der Waals surface area contributed by atoms with E-state index < -0.39 is 0 Å². The van der Waals surface area contributed by atoms with Crippen molar-refractivity contribution >= 4 is 21.8 Å². The van der Waals surface area contributed by atoms with Gasteiger partial charge in [-0.25, -0.2) is 0 Å². The lowest BCUT2D eigenvalue weighted by Gasteiger charge is -2.24. The Bertz CT molecular complexity index is 414. The van der Waals surface area contributed by atoms with E-state index in [0.29, 0.717) is 6.04 Å². The zero-order valence-corrected chi connectivity index (χ0v) is 11.5. The van der Waals surface area contributed by atoms with Crippen molar-refractivity contribution in [2.45, 2.75) is 25.8 Å². The van der Waals surface area contributed by atoms with Gasteiger partial charge in [-0.1, -0.05) is 12.1 Å². The second-order valence-corrected chi connectivity index (χ2v) is 5.23. The molecule has 0 saturated carbocycles. The zero-order chi connectivity index (χ0) is 12.3. The first-order valence-electron chi connectivity index (χ1n) is 5.95. The molecule has 92 valence electrons. The lowest BCUT2D eigenvalue weighted by atomic mass is 10.1. The third-order valence-electron chi connectivity index (χ3n) is 3.11. The highest BCUT2D eigenvalue weighted by Gasteiger charge is 2.18. The molecule has 0 radical (unpaired) electrons. The first-order valence-corrected chi connectivity index (χ1v) is 6.74. The molecular formula is C13H17BrN2O. The van der Waals surface area contributed by atoms with Crippen LogP contribution >= 0.6 is 15.9 Å². The van der Waals surface area contributed by atoms with Crippen LogP contribution in [-0.4, -0.2) is 25.0 Å². The number of piperidine rings is 1. The molecule has 0 unspecified atom stereocenters. The second kappa shape index (κ2) is 5.65. The van der Waals surface area contributed by atoms with Gasteiger partial charge in [0.2, 0.25) is 0 Å². The van der Waals surface area contributed by atoms with Gasteiger partial charge in [-0.2, -0.15) is 0 Å². The van der Waals surface area contributed by atoms with E-state index in [9.17, 15) is 4.79 Å². The predicted molar refractivity (Wildman–Crippen MR) is 72.2 cm³/mol. The minimum absolute atomic E-state index is 0.0208. The summed E-state index contributed by atoms with van der Waals surface area (Å²) in [6.45, 7) is 3.96. The summed E-state index contributed by atoms with van der Waals surface area (Å²) in [4.78, 5) is 12.1. The number of hydrogen-bond donors (Lipinski definition) is 2. The molecule has 0 aromatic heterocycles. The molecule has 1 aromatic carbocycles. The topological polar surface area (TPSA) is 41.1 Å². The lowest BCUT2D eigenvalue weighted by molar-refractivity contribution is 0.0928. The summed E-state index contributed by atoms with van der Waals surface area (Å²) < 4.78 is 0.895. The van der Waals surface area contributed by atoms with Crippen LogP contribution in [0.3, 0.4) is 0 Å². The molecule has 1 heterocycles. The number of aryl methyl sites for hydroxylation is 1.